The van der Waals surface area contributed by atoms with Gasteiger partial charge in [-0.3, -0.25) is 4.79 Å². The second-order valence-electron chi connectivity index (χ2n) is 5.58. The fraction of sp³-hybridized carbons (Fsp3) is 0.500. The van der Waals surface area contributed by atoms with E-state index in [0.29, 0.717) is 28.9 Å². The predicted molar refractivity (Wildman–Crippen MR) is 81.5 cm³/mol. The zero-order valence-electron chi connectivity index (χ0n) is 12.0. The second kappa shape index (κ2) is 5.48. The number of nitrogens with one attached hydrogen (secondary N) is 1. The summed E-state index contributed by atoms with van der Waals surface area (Å²) in [6.07, 6.45) is 3.57. The van der Waals surface area contributed by atoms with Gasteiger partial charge in [-0.05, 0) is 18.8 Å². The van der Waals surface area contributed by atoms with Gasteiger partial charge in [0.1, 0.15) is 0 Å². The number of nitrogens with zero attached hydrogens (tertiary/aromatic N) is 2. The molecule has 0 aliphatic heterocycles. The molecule has 0 unspecified atom stereocenters. The van der Waals surface area contributed by atoms with Gasteiger partial charge in [0.05, 0.1) is 22.1 Å². The highest BCUT2D eigenvalue weighted by atomic mass is 32.1. The SMILES string of the molecule is CC(C)C(=O)c1sc(NCc2ncon2)c(C2CC2)c1N. The lowest BCUT2D eigenvalue weighted by molar-refractivity contribution is 0.0944. The molecule has 0 amide bonds. The number of carbonyl (C=O) groups is 1. The van der Waals surface area contributed by atoms with Crippen molar-refractivity contribution in [2.24, 2.45) is 5.92 Å². The Labute approximate surface area is 126 Å². The standard InChI is InChI=1S/C14H18N4O2S/c1-7(2)12(19)13-11(15)10(8-3-4-8)14(21-13)16-5-9-17-6-20-18-9/h6-8,16H,3-5,15H2,1-2H3. The van der Waals surface area contributed by atoms with Crippen LogP contribution in [0.15, 0.2) is 10.9 Å². The van der Waals surface area contributed by atoms with Crippen molar-refractivity contribution >= 4 is 27.8 Å². The van der Waals surface area contributed by atoms with E-state index < -0.39 is 0 Å². The average molecular weight is 306 g/mol. The van der Waals surface area contributed by atoms with Gasteiger partial charge in [0.15, 0.2) is 11.6 Å². The molecule has 2 aromatic heterocycles. The molecule has 0 aromatic carbocycles. The number of hydrogen-bond donors (Lipinski definition) is 2. The minimum Gasteiger partial charge on any atom is -0.397 e. The van der Waals surface area contributed by atoms with Gasteiger partial charge in [-0.25, -0.2) is 0 Å². The Morgan fingerprint density at radius 1 is 1.57 bits per heavy atom. The maximum Gasteiger partial charge on any atom is 0.213 e. The maximum atomic E-state index is 12.3. The molecule has 1 fully saturated rings. The molecule has 1 aliphatic carbocycles. The van der Waals surface area contributed by atoms with Gasteiger partial charge in [-0.1, -0.05) is 19.0 Å². The fourth-order valence-corrected chi connectivity index (χ4v) is 3.53. The molecule has 0 atom stereocenters. The fourth-order valence-electron chi connectivity index (χ4n) is 2.24. The van der Waals surface area contributed by atoms with Crippen LogP contribution in [0.5, 0.6) is 0 Å². The first kappa shape index (κ1) is 14.1. The van der Waals surface area contributed by atoms with Crippen molar-refractivity contribution in [3.05, 3.63) is 22.7 Å². The quantitative estimate of drug-likeness (QED) is 0.797. The third kappa shape index (κ3) is 2.78. The summed E-state index contributed by atoms with van der Waals surface area (Å²) in [4.78, 5) is 16.9. The molecule has 6 nitrogen and oxygen atoms in total. The van der Waals surface area contributed by atoms with E-state index in [1.165, 1.54) is 17.7 Å². The van der Waals surface area contributed by atoms with Crippen molar-refractivity contribution in [1.82, 2.24) is 10.1 Å². The average Bonchev–Trinajstić information content (AvgIpc) is 3.04. The molecule has 0 radical (unpaired) electrons. The predicted octanol–water partition coefficient (Wildman–Crippen LogP) is 3.04. The molecule has 21 heavy (non-hydrogen) atoms. The zero-order chi connectivity index (χ0) is 15.0. The number of nitrogens with two attached hydrogens (primary N) is 1. The van der Waals surface area contributed by atoms with Crippen LogP contribution in [-0.2, 0) is 6.54 Å². The largest absolute Gasteiger partial charge is 0.397 e. The second-order valence-corrected chi connectivity index (χ2v) is 6.60. The number of thiophene rings is 1. The monoisotopic (exact) mass is 306 g/mol. The third-order valence-corrected chi connectivity index (χ3v) is 4.72. The van der Waals surface area contributed by atoms with Gasteiger partial charge in [0, 0.05) is 11.5 Å². The van der Waals surface area contributed by atoms with Crippen LogP contribution in [0, 0.1) is 5.92 Å². The molecule has 3 rings (SSSR count). The Balaban J connectivity index is 1.87. The van der Waals surface area contributed by atoms with Crippen molar-refractivity contribution < 1.29 is 9.32 Å². The van der Waals surface area contributed by atoms with Crippen LogP contribution in [-0.4, -0.2) is 15.9 Å². The molecule has 2 heterocycles. The van der Waals surface area contributed by atoms with Crippen LogP contribution >= 0.6 is 11.3 Å². The first-order chi connectivity index (χ1) is 10.1. The first-order valence-electron chi connectivity index (χ1n) is 7.03. The summed E-state index contributed by atoms with van der Waals surface area (Å²) in [5.74, 6) is 1.11. The molecular formula is C14H18N4O2S. The van der Waals surface area contributed by atoms with Gasteiger partial charge in [-0.15, -0.1) is 11.3 Å². The number of aromatic nitrogens is 2. The van der Waals surface area contributed by atoms with E-state index in [-0.39, 0.29) is 11.7 Å². The van der Waals surface area contributed by atoms with Crippen LogP contribution in [0.25, 0.3) is 0 Å². The number of anilines is 2. The molecule has 7 heteroatoms. The summed E-state index contributed by atoms with van der Waals surface area (Å²) in [6, 6.07) is 0. The highest BCUT2D eigenvalue weighted by Crippen LogP contribution is 2.51. The molecule has 0 saturated heterocycles. The van der Waals surface area contributed by atoms with Crippen LogP contribution in [0.1, 0.15) is 53.7 Å². The highest BCUT2D eigenvalue weighted by Gasteiger charge is 2.33. The molecular weight excluding hydrogens is 288 g/mol. The summed E-state index contributed by atoms with van der Waals surface area (Å²) >= 11 is 1.44. The Morgan fingerprint density at radius 2 is 2.33 bits per heavy atom. The Bertz CT molecular complexity index is 644. The van der Waals surface area contributed by atoms with E-state index >= 15 is 0 Å². The lowest BCUT2D eigenvalue weighted by Crippen LogP contribution is -2.08. The number of ketones is 1. The number of nitrogen functional groups attached to an aromatic ring is 1. The van der Waals surface area contributed by atoms with E-state index in [0.717, 1.165) is 23.4 Å². The number of rotatable bonds is 6. The van der Waals surface area contributed by atoms with Crippen molar-refractivity contribution in [3.8, 4) is 0 Å². The molecule has 1 aliphatic rings. The number of Topliss-reactive ketones (excluding diaryl/α,β-unsaturated/α-hetero) is 1. The van der Waals surface area contributed by atoms with Crippen LogP contribution in [0.2, 0.25) is 0 Å². The van der Waals surface area contributed by atoms with E-state index in [4.69, 9.17) is 10.3 Å². The maximum absolute atomic E-state index is 12.3. The van der Waals surface area contributed by atoms with Gasteiger partial charge in [0.2, 0.25) is 6.39 Å². The minimum atomic E-state index is -0.0527. The van der Waals surface area contributed by atoms with Crippen LogP contribution in [0.4, 0.5) is 10.7 Å². The first-order valence-corrected chi connectivity index (χ1v) is 7.85. The minimum absolute atomic E-state index is 0.0527. The normalized spacial score (nSPS) is 14.6. The summed E-state index contributed by atoms with van der Waals surface area (Å²) < 4.78 is 4.72. The van der Waals surface area contributed by atoms with E-state index in [1.807, 2.05) is 13.8 Å². The van der Waals surface area contributed by atoms with Gasteiger partial charge < -0.3 is 15.6 Å². The van der Waals surface area contributed by atoms with Crippen molar-refractivity contribution in [2.75, 3.05) is 11.1 Å². The van der Waals surface area contributed by atoms with Crippen molar-refractivity contribution in [3.63, 3.8) is 0 Å². The van der Waals surface area contributed by atoms with Gasteiger partial charge in [0.25, 0.3) is 0 Å². The lowest BCUT2D eigenvalue weighted by atomic mass is 10.0. The smallest absolute Gasteiger partial charge is 0.213 e. The molecule has 0 bridgehead atoms. The van der Waals surface area contributed by atoms with Crippen LogP contribution < -0.4 is 11.1 Å². The molecule has 0 spiro atoms. The molecule has 3 N–H and O–H groups in total. The third-order valence-electron chi connectivity index (χ3n) is 3.53. The number of hydrogen-bond acceptors (Lipinski definition) is 7. The van der Waals surface area contributed by atoms with Crippen molar-refractivity contribution in [1.29, 1.82) is 0 Å². The van der Waals surface area contributed by atoms with E-state index in [2.05, 4.69) is 15.5 Å². The van der Waals surface area contributed by atoms with Crippen LogP contribution in [0.3, 0.4) is 0 Å². The summed E-state index contributed by atoms with van der Waals surface area (Å²) in [6.45, 7) is 4.25. The van der Waals surface area contributed by atoms with Gasteiger partial charge in [-0.2, -0.15) is 4.98 Å². The molecule has 112 valence electrons. The summed E-state index contributed by atoms with van der Waals surface area (Å²) in [7, 11) is 0. The summed E-state index contributed by atoms with van der Waals surface area (Å²) in [5.41, 5.74) is 7.97. The Hall–Kier alpha value is -1.89. The van der Waals surface area contributed by atoms with Gasteiger partial charge >= 0.3 is 0 Å². The molecule has 1 saturated carbocycles. The highest BCUT2D eigenvalue weighted by molar-refractivity contribution is 7.18. The summed E-state index contributed by atoms with van der Waals surface area (Å²) in [5, 5.41) is 8.03. The lowest BCUT2D eigenvalue weighted by Gasteiger charge is -2.05. The van der Waals surface area contributed by atoms with Crippen molar-refractivity contribution in [2.45, 2.75) is 39.2 Å². The molecule has 2 aromatic rings. The van der Waals surface area contributed by atoms with E-state index in [1.54, 1.807) is 0 Å². The van der Waals surface area contributed by atoms with E-state index in [9.17, 15) is 4.79 Å². The Morgan fingerprint density at radius 3 is 2.90 bits per heavy atom. The Kier molecular flexibility index (Phi) is 3.67. The number of carbonyl (C=O) groups excluding carboxylic acids is 1. The zero-order valence-corrected chi connectivity index (χ0v) is 12.9. The topological polar surface area (TPSA) is 94.0 Å².